The lowest BCUT2D eigenvalue weighted by Gasteiger charge is -2.43. The zero-order valence-corrected chi connectivity index (χ0v) is 13.0. The molecule has 0 bridgehead atoms. The van der Waals surface area contributed by atoms with Gasteiger partial charge in [0.25, 0.3) is 0 Å². The normalized spacial score (nSPS) is 18.1. The average Bonchev–Trinajstić information content (AvgIpc) is 2.48. The van der Waals surface area contributed by atoms with E-state index in [4.69, 9.17) is 9.72 Å². The van der Waals surface area contributed by atoms with Crippen molar-refractivity contribution in [3.8, 4) is 0 Å². The molecule has 0 spiro atoms. The van der Waals surface area contributed by atoms with E-state index in [-0.39, 0.29) is 5.54 Å². The smallest absolute Gasteiger partial charge is 0.137 e. The monoisotopic (exact) mass is 285 g/mol. The van der Waals surface area contributed by atoms with E-state index in [1.165, 1.54) is 16.3 Å². The molecule has 0 atom stereocenters. The summed E-state index contributed by atoms with van der Waals surface area (Å²) < 4.78 is 5.63. The fourth-order valence-corrected chi connectivity index (χ4v) is 3.03. The molecule has 21 heavy (non-hydrogen) atoms. The van der Waals surface area contributed by atoms with Gasteiger partial charge in [0.05, 0.1) is 18.8 Å². The largest absolute Gasteiger partial charge is 0.377 e. The average molecular weight is 285 g/mol. The van der Waals surface area contributed by atoms with Gasteiger partial charge in [0.1, 0.15) is 5.82 Å². The summed E-state index contributed by atoms with van der Waals surface area (Å²) in [6.45, 7) is 7.64. The first-order valence-corrected chi connectivity index (χ1v) is 7.50. The van der Waals surface area contributed by atoms with Gasteiger partial charge in [-0.3, -0.25) is 0 Å². The highest BCUT2D eigenvalue weighted by Gasteiger charge is 2.32. The van der Waals surface area contributed by atoms with E-state index in [0.29, 0.717) is 0 Å². The number of nitrogens with zero attached hydrogens (tertiary/aromatic N) is 2. The quantitative estimate of drug-likeness (QED) is 0.940. The Hall–Kier alpha value is -1.65. The van der Waals surface area contributed by atoms with E-state index in [0.717, 1.165) is 32.1 Å². The Labute approximate surface area is 126 Å². The summed E-state index contributed by atoms with van der Waals surface area (Å²) in [7, 11) is 1.97. The first-order chi connectivity index (χ1) is 10.1. The van der Waals surface area contributed by atoms with E-state index in [1.807, 2.05) is 13.2 Å². The molecule has 1 aliphatic heterocycles. The molecule has 2 aromatic rings. The van der Waals surface area contributed by atoms with Crippen LogP contribution >= 0.6 is 0 Å². The molecule has 0 saturated carbocycles. The van der Waals surface area contributed by atoms with E-state index >= 15 is 0 Å². The van der Waals surface area contributed by atoms with Crippen LogP contribution in [0.1, 0.15) is 19.4 Å². The molecule has 3 rings (SSSR count). The maximum atomic E-state index is 5.63. The fraction of sp³-hybridized carbons (Fsp3) is 0.471. The third kappa shape index (κ3) is 2.61. The number of anilines is 1. The predicted molar refractivity (Wildman–Crippen MR) is 86.8 cm³/mol. The first-order valence-electron chi connectivity index (χ1n) is 7.50. The second-order valence-electron chi connectivity index (χ2n) is 6.20. The van der Waals surface area contributed by atoms with Crippen molar-refractivity contribution >= 4 is 16.6 Å². The van der Waals surface area contributed by atoms with Gasteiger partial charge in [-0.15, -0.1) is 0 Å². The van der Waals surface area contributed by atoms with Crippen molar-refractivity contribution in [2.24, 2.45) is 0 Å². The zero-order valence-electron chi connectivity index (χ0n) is 13.0. The number of rotatable bonds is 3. The first kappa shape index (κ1) is 14.3. The Morgan fingerprint density at radius 1 is 1.29 bits per heavy atom. The lowest BCUT2D eigenvalue weighted by atomic mass is 10.00. The lowest BCUT2D eigenvalue weighted by Crippen LogP contribution is -2.53. The summed E-state index contributed by atoms with van der Waals surface area (Å²) in [5.41, 5.74) is 1.21. The Balaban J connectivity index is 2.13. The second kappa shape index (κ2) is 5.62. The van der Waals surface area contributed by atoms with Crippen molar-refractivity contribution in [3.63, 3.8) is 0 Å². The molecule has 1 N–H and O–H groups in total. The number of pyridine rings is 1. The van der Waals surface area contributed by atoms with Crippen molar-refractivity contribution in [2.45, 2.75) is 25.9 Å². The molecule has 0 aliphatic carbocycles. The molecule has 0 amide bonds. The van der Waals surface area contributed by atoms with Crippen LogP contribution in [-0.2, 0) is 11.3 Å². The standard InChI is InChI=1S/C17H23N3O/c1-17(2)12-21-9-8-20(17)16-15-7-5-4-6-14(15)13(10-18-3)11-19-16/h4-7,11,18H,8-10,12H2,1-3H3. The number of hydrogen-bond acceptors (Lipinski definition) is 4. The van der Waals surface area contributed by atoms with Crippen LogP contribution in [-0.4, -0.2) is 37.3 Å². The molecule has 4 nitrogen and oxygen atoms in total. The van der Waals surface area contributed by atoms with Crippen molar-refractivity contribution in [1.29, 1.82) is 0 Å². The van der Waals surface area contributed by atoms with Gasteiger partial charge < -0.3 is 15.0 Å². The fourth-order valence-electron chi connectivity index (χ4n) is 3.03. The van der Waals surface area contributed by atoms with Crippen molar-refractivity contribution < 1.29 is 4.74 Å². The van der Waals surface area contributed by atoms with Crippen LogP contribution in [0.2, 0.25) is 0 Å². The Kier molecular flexibility index (Phi) is 3.83. The molecule has 112 valence electrons. The van der Waals surface area contributed by atoms with Gasteiger partial charge in [0.15, 0.2) is 0 Å². The predicted octanol–water partition coefficient (Wildman–Crippen LogP) is 2.57. The molecule has 1 fully saturated rings. The van der Waals surface area contributed by atoms with Gasteiger partial charge in [-0.2, -0.15) is 0 Å². The third-order valence-corrected chi connectivity index (χ3v) is 4.12. The van der Waals surface area contributed by atoms with Crippen LogP contribution in [0.3, 0.4) is 0 Å². The van der Waals surface area contributed by atoms with Crippen molar-refractivity contribution in [2.75, 3.05) is 31.7 Å². The van der Waals surface area contributed by atoms with Gasteiger partial charge in [-0.1, -0.05) is 24.3 Å². The molecule has 1 aliphatic rings. The Morgan fingerprint density at radius 2 is 2.05 bits per heavy atom. The number of benzene rings is 1. The molecular weight excluding hydrogens is 262 g/mol. The summed E-state index contributed by atoms with van der Waals surface area (Å²) in [5, 5.41) is 5.72. The highest BCUT2D eigenvalue weighted by Crippen LogP contribution is 2.32. The van der Waals surface area contributed by atoms with Crippen LogP contribution in [0.5, 0.6) is 0 Å². The van der Waals surface area contributed by atoms with Gasteiger partial charge >= 0.3 is 0 Å². The number of aromatic nitrogens is 1. The highest BCUT2D eigenvalue weighted by atomic mass is 16.5. The van der Waals surface area contributed by atoms with E-state index in [2.05, 4.69) is 48.3 Å². The van der Waals surface area contributed by atoms with E-state index in [1.54, 1.807) is 0 Å². The molecule has 1 aromatic heterocycles. The van der Waals surface area contributed by atoms with Crippen LogP contribution in [0.25, 0.3) is 10.8 Å². The summed E-state index contributed by atoms with van der Waals surface area (Å²) in [6, 6.07) is 8.53. The van der Waals surface area contributed by atoms with Crippen LogP contribution in [0.15, 0.2) is 30.5 Å². The summed E-state index contributed by atoms with van der Waals surface area (Å²) in [6.07, 6.45) is 2.00. The Bertz CT molecular complexity index is 639. The maximum absolute atomic E-state index is 5.63. The number of hydrogen-bond donors (Lipinski definition) is 1. The van der Waals surface area contributed by atoms with Crippen LogP contribution < -0.4 is 10.2 Å². The van der Waals surface area contributed by atoms with Crippen LogP contribution in [0, 0.1) is 0 Å². The van der Waals surface area contributed by atoms with E-state index in [9.17, 15) is 0 Å². The molecule has 4 heteroatoms. The minimum atomic E-state index is -0.0292. The number of fused-ring (bicyclic) bond motifs is 1. The number of ether oxygens (including phenoxy) is 1. The number of nitrogens with one attached hydrogen (secondary N) is 1. The summed E-state index contributed by atoms with van der Waals surface area (Å²) in [4.78, 5) is 7.15. The zero-order chi connectivity index (χ0) is 14.9. The van der Waals surface area contributed by atoms with Gasteiger partial charge in [0.2, 0.25) is 0 Å². The minimum absolute atomic E-state index is 0.0292. The van der Waals surface area contributed by atoms with Gasteiger partial charge in [0, 0.05) is 24.7 Å². The minimum Gasteiger partial charge on any atom is -0.377 e. The molecule has 1 saturated heterocycles. The molecule has 1 aromatic carbocycles. The molecule has 0 radical (unpaired) electrons. The molecule has 0 unspecified atom stereocenters. The van der Waals surface area contributed by atoms with Crippen molar-refractivity contribution in [1.82, 2.24) is 10.3 Å². The SMILES string of the molecule is CNCc1cnc(N2CCOCC2(C)C)c2ccccc12. The third-order valence-electron chi connectivity index (χ3n) is 4.12. The van der Waals surface area contributed by atoms with Gasteiger partial charge in [-0.05, 0) is 31.8 Å². The maximum Gasteiger partial charge on any atom is 0.137 e. The van der Waals surface area contributed by atoms with Crippen LogP contribution in [0.4, 0.5) is 5.82 Å². The lowest BCUT2D eigenvalue weighted by molar-refractivity contribution is 0.0641. The second-order valence-corrected chi connectivity index (χ2v) is 6.20. The van der Waals surface area contributed by atoms with Gasteiger partial charge in [-0.25, -0.2) is 4.98 Å². The Morgan fingerprint density at radius 3 is 2.76 bits per heavy atom. The number of morpholine rings is 1. The topological polar surface area (TPSA) is 37.4 Å². The van der Waals surface area contributed by atoms with Crippen molar-refractivity contribution in [3.05, 3.63) is 36.0 Å². The summed E-state index contributed by atoms with van der Waals surface area (Å²) in [5.74, 6) is 1.07. The molecule has 2 heterocycles. The summed E-state index contributed by atoms with van der Waals surface area (Å²) >= 11 is 0. The van der Waals surface area contributed by atoms with E-state index < -0.39 is 0 Å². The highest BCUT2D eigenvalue weighted by molar-refractivity contribution is 5.94. The molecular formula is C17H23N3O.